The van der Waals surface area contributed by atoms with Crippen LogP contribution in [0.2, 0.25) is 5.02 Å². The predicted octanol–water partition coefficient (Wildman–Crippen LogP) is 3.89. The zero-order chi connectivity index (χ0) is 11.7. The average molecular weight is 257 g/mol. The number of nitrogens with one attached hydrogen (secondary N) is 1. The van der Waals surface area contributed by atoms with Gasteiger partial charge >= 0.3 is 0 Å². The zero-order valence-corrected chi connectivity index (χ0v) is 10.2. The fourth-order valence-corrected chi connectivity index (χ4v) is 2.11. The molecule has 1 aromatic heterocycles. The number of benzene rings is 1. The maximum absolute atomic E-state index is 13.2. The number of aromatic nitrogens is 2. The third-order valence-corrected chi connectivity index (χ3v) is 2.84. The molecule has 1 heterocycles. The minimum Gasteiger partial charge on any atom is -0.337 e. The van der Waals surface area contributed by atoms with E-state index in [1.165, 1.54) is 12.1 Å². The molecular formula is C11H10ClFN2S. The van der Waals surface area contributed by atoms with E-state index in [0.717, 1.165) is 12.1 Å². The molecule has 0 bridgehead atoms. The molecule has 84 valence electrons. The number of hydrogen-bond acceptors (Lipinski definition) is 1. The third kappa shape index (κ3) is 2.03. The summed E-state index contributed by atoms with van der Waals surface area (Å²) in [4.78, 5) is 2.94. The Morgan fingerprint density at radius 1 is 1.44 bits per heavy atom. The Morgan fingerprint density at radius 3 is 2.81 bits per heavy atom. The highest BCUT2D eigenvalue weighted by Crippen LogP contribution is 2.19. The first-order valence-electron chi connectivity index (χ1n) is 4.87. The number of aryl methyl sites for hydroxylation is 1. The minimum atomic E-state index is -0.368. The van der Waals surface area contributed by atoms with E-state index >= 15 is 0 Å². The number of nitrogens with zero attached hydrogens (tertiary/aromatic N) is 1. The van der Waals surface area contributed by atoms with Gasteiger partial charge in [0.2, 0.25) is 0 Å². The van der Waals surface area contributed by atoms with Crippen LogP contribution in [0.25, 0.3) is 5.69 Å². The Hall–Kier alpha value is -1.13. The summed E-state index contributed by atoms with van der Waals surface area (Å²) >= 11 is 11.0. The first kappa shape index (κ1) is 11.4. The van der Waals surface area contributed by atoms with E-state index < -0.39 is 0 Å². The highest BCUT2D eigenvalue weighted by atomic mass is 35.5. The second-order valence-corrected chi connectivity index (χ2v) is 4.22. The number of halogens is 2. The van der Waals surface area contributed by atoms with Gasteiger partial charge in [-0.05, 0) is 36.8 Å². The normalized spacial score (nSPS) is 10.7. The van der Waals surface area contributed by atoms with Gasteiger partial charge in [0.25, 0.3) is 0 Å². The van der Waals surface area contributed by atoms with Crippen molar-refractivity contribution in [3.8, 4) is 5.69 Å². The van der Waals surface area contributed by atoms with Crippen molar-refractivity contribution in [2.24, 2.45) is 0 Å². The Morgan fingerprint density at radius 2 is 2.19 bits per heavy atom. The molecule has 16 heavy (non-hydrogen) atoms. The van der Waals surface area contributed by atoms with E-state index in [9.17, 15) is 4.39 Å². The van der Waals surface area contributed by atoms with Gasteiger partial charge in [-0.3, -0.25) is 4.57 Å². The molecule has 1 N–H and O–H groups in total. The van der Waals surface area contributed by atoms with Crippen molar-refractivity contribution in [1.82, 2.24) is 9.55 Å². The van der Waals surface area contributed by atoms with E-state index in [4.69, 9.17) is 23.8 Å². The topological polar surface area (TPSA) is 20.7 Å². The minimum absolute atomic E-state index is 0.361. The lowest BCUT2D eigenvalue weighted by Crippen LogP contribution is -1.99. The van der Waals surface area contributed by atoms with Gasteiger partial charge in [0, 0.05) is 16.9 Å². The largest absolute Gasteiger partial charge is 0.337 e. The Balaban J connectivity index is 2.66. The van der Waals surface area contributed by atoms with Gasteiger partial charge in [0.15, 0.2) is 4.77 Å². The van der Waals surface area contributed by atoms with Crippen LogP contribution >= 0.6 is 23.8 Å². The van der Waals surface area contributed by atoms with Gasteiger partial charge in [0.05, 0.1) is 5.69 Å². The highest BCUT2D eigenvalue weighted by molar-refractivity contribution is 7.71. The number of H-pyrrole nitrogens is 1. The summed E-state index contributed by atoms with van der Waals surface area (Å²) in [6, 6.07) is 4.37. The molecule has 0 aliphatic carbocycles. The van der Waals surface area contributed by atoms with Crippen LogP contribution in [0, 0.1) is 10.6 Å². The summed E-state index contributed by atoms with van der Waals surface area (Å²) in [5.41, 5.74) is 1.64. The molecule has 2 nitrogen and oxygen atoms in total. The standard InChI is InChI=1S/C11H10ClFN2S/c1-2-9-6-14-11(16)15(9)10-4-7(12)3-8(13)5-10/h3-6H,2H2,1H3,(H,14,16). The van der Waals surface area contributed by atoms with Crippen molar-refractivity contribution in [3.63, 3.8) is 0 Å². The van der Waals surface area contributed by atoms with Crippen LogP contribution in [0.1, 0.15) is 12.6 Å². The summed E-state index contributed by atoms with van der Waals surface area (Å²) in [5, 5.41) is 0.361. The number of rotatable bonds is 2. The van der Waals surface area contributed by atoms with E-state index in [2.05, 4.69) is 4.98 Å². The molecule has 0 saturated carbocycles. The molecule has 0 fully saturated rings. The molecule has 0 atom stereocenters. The molecule has 2 aromatic rings. The second kappa shape index (κ2) is 4.39. The van der Waals surface area contributed by atoms with Crippen LogP contribution < -0.4 is 0 Å². The van der Waals surface area contributed by atoms with Crippen LogP contribution in [0.4, 0.5) is 4.39 Å². The Bertz CT molecular complexity index is 553. The lowest BCUT2D eigenvalue weighted by molar-refractivity contribution is 0.626. The predicted molar refractivity (Wildman–Crippen MR) is 65.3 cm³/mol. The van der Waals surface area contributed by atoms with E-state index in [1.54, 1.807) is 10.6 Å². The highest BCUT2D eigenvalue weighted by Gasteiger charge is 2.07. The monoisotopic (exact) mass is 256 g/mol. The first-order valence-corrected chi connectivity index (χ1v) is 5.66. The summed E-state index contributed by atoms with van der Waals surface area (Å²) in [5.74, 6) is -0.368. The zero-order valence-electron chi connectivity index (χ0n) is 8.63. The van der Waals surface area contributed by atoms with Gasteiger partial charge in [-0.15, -0.1) is 0 Å². The third-order valence-electron chi connectivity index (χ3n) is 2.32. The molecule has 0 saturated heterocycles. The van der Waals surface area contributed by atoms with Gasteiger partial charge < -0.3 is 4.98 Å². The fraction of sp³-hybridized carbons (Fsp3) is 0.182. The molecule has 0 radical (unpaired) electrons. The van der Waals surface area contributed by atoms with Crippen molar-refractivity contribution in [2.75, 3.05) is 0 Å². The average Bonchev–Trinajstić information content (AvgIpc) is 2.58. The quantitative estimate of drug-likeness (QED) is 0.809. The molecule has 5 heteroatoms. The van der Waals surface area contributed by atoms with Crippen LogP contribution in [-0.2, 0) is 6.42 Å². The number of hydrogen-bond donors (Lipinski definition) is 1. The van der Waals surface area contributed by atoms with Crippen molar-refractivity contribution >= 4 is 23.8 Å². The van der Waals surface area contributed by atoms with E-state index in [0.29, 0.717) is 15.5 Å². The molecule has 2 rings (SSSR count). The first-order chi connectivity index (χ1) is 7.61. The Kier molecular flexibility index (Phi) is 3.12. The van der Waals surface area contributed by atoms with Crippen LogP contribution in [-0.4, -0.2) is 9.55 Å². The molecule has 0 aliphatic rings. The van der Waals surface area contributed by atoms with Gasteiger partial charge in [0.1, 0.15) is 5.82 Å². The number of aromatic amines is 1. The van der Waals surface area contributed by atoms with E-state index in [1.807, 2.05) is 13.1 Å². The van der Waals surface area contributed by atoms with Crippen molar-refractivity contribution in [1.29, 1.82) is 0 Å². The maximum atomic E-state index is 13.2. The molecular weight excluding hydrogens is 247 g/mol. The summed E-state index contributed by atoms with van der Waals surface area (Å²) in [6.45, 7) is 2.01. The van der Waals surface area contributed by atoms with Crippen LogP contribution in [0.3, 0.4) is 0 Å². The maximum Gasteiger partial charge on any atom is 0.182 e. The van der Waals surface area contributed by atoms with Crippen molar-refractivity contribution in [2.45, 2.75) is 13.3 Å². The van der Waals surface area contributed by atoms with Crippen LogP contribution in [0.15, 0.2) is 24.4 Å². The smallest absolute Gasteiger partial charge is 0.182 e. The lowest BCUT2D eigenvalue weighted by atomic mass is 10.3. The molecule has 0 amide bonds. The fourth-order valence-electron chi connectivity index (χ4n) is 1.62. The van der Waals surface area contributed by atoms with Crippen molar-refractivity contribution in [3.05, 3.63) is 45.7 Å². The lowest BCUT2D eigenvalue weighted by Gasteiger charge is -2.07. The molecule has 0 aliphatic heterocycles. The summed E-state index contributed by atoms with van der Waals surface area (Å²) < 4.78 is 15.6. The van der Waals surface area contributed by atoms with Gasteiger partial charge in [-0.1, -0.05) is 18.5 Å². The van der Waals surface area contributed by atoms with E-state index in [-0.39, 0.29) is 5.82 Å². The molecule has 0 spiro atoms. The second-order valence-electron chi connectivity index (χ2n) is 3.40. The van der Waals surface area contributed by atoms with Crippen molar-refractivity contribution < 1.29 is 4.39 Å². The molecule has 1 aromatic carbocycles. The summed E-state index contributed by atoms with van der Waals surface area (Å²) in [7, 11) is 0. The Labute approximate surface area is 103 Å². The number of imidazole rings is 1. The SMILES string of the molecule is CCc1c[nH]c(=S)n1-c1cc(F)cc(Cl)c1. The van der Waals surface area contributed by atoms with Crippen LogP contribution in [0.5, 0.6) is 0 Å². The summed E-state index contributed by atoms with van der Waals surface area (Å²) in [6.07, 6.45) is 2.63. The molecule has 0 unspecified atom stereocenters. The van der Waals surface area contributed by atoms with Gasteiger partial charge in [-0.2, -0.15) is 0 Å². The van der Waals surface area contributed by atoms with Gasteiger partial charge in [-0.25, -0.2) is 4.39 Å².